The molecular weight excluding hydrogens is 368 g/mol. The Morgan fingerprint density at radius 3 is 2.14 bits per heavy atom. The standard InChI is InChI=1S/C23H28N2O4/c1-3-19-6-4-5-7-21(19)29-17-23(27)25-14-12-24(13-15-25)22(26)16-18-8-10-20(28-2)11-9-18/h4-11H,3,12-17H2,1-2H3. The Morgan fingerprint density at radius 2 is 1.52 bits per heavy atom. The highest BCUT2D eigenvalue weighted by molar-refractivity contribution is 5.80. The van der Waals surface area contributed by atoms with Gasteiger partial charge in [-0.3, -0.25) is 9.59 Å². The third-order valence-corrected chi connectivity index (χ3v) is 5.20. The minimum Gasteiger partial charge on any atom is -0.497 e. The fourth-order valence-electron chi connectivity index (χ4n) is 3.40. The average Bonchev–Trinajstić information content (AvgIpc) is 2.78. The number of amides is 2. The Morgan fingerprint density at radius 1 is 0.897 bits per heavy atom. The second-order valence-electron chi connectivity index (χ2n) is 7.04. The molecule has 0 N–H and O–H groups in total. The zero-order valence-electron chi connectivity index (χ0n) is 17.1. The van der Waals surface area contributed by atoms with E-state index in [2.05, 4.69) is 6.92 Å². The molecule has 2 aromatic carbocycles. The molecule has 0 atom stereocenters. The maximum atomic E-state index is 12.5. The number of methoxy groups -OCH3 is 1. The van der Waals surface area contributed by atoms with Crippen LogP contribution in [0.15, 0.2) is 48.5 Å². The minimum atomic E-state index is -0.0434. The van der Waals surface area contributed by atoms with Gasteiger partial charge in [-0.15, -0.1) is 0 Å². The topological polar surface area (TPSA) is 59.1 Å². The fourth-order valence-corrected chi connectivity index (χ4v) is 3.40. The van der Waals surface area contributed by atoms with Crippen molar-refractivity contribution in [3.8, 4) is 11.5 Å². The van der Waals surface area contributed by atoms with Gasteiger partial charge in [0.05, 0.1) is 13.5 Å². The van der Waals surface area contributed by atoms with E-state index in [-0.39, 0.29) is 18.4 Å². The summed E-state index contributed by atoms with van der Waals surface area (Å²) in [6.07, 6.45) is 1.22. The van der Waals surface area contributed by atoms with Crippen molar-refractivity contribution in [3.63, 3.8) is 0 Å². The molecule has 2 aromatic rings. The van der Waals surface area contributed by atoms with Crippen molar-refractivity contribution < 1.29 is 19.1 Å². The molecule has 1 fully saturated rings. The highest BCUT2D eigenvalue weighted by atomic mass is 16.5. The molecule has 0 aromatic heterocycles. The maximum absolute atomic E-state index is 12.5. The van der Waals surface area contributed by atoms with Crippen LogP contribution in [0, 0.1) is 0 Å². The van der Waals surface area contributed by atoms with Gasteiger partial charge in [0.15, 0.2) is 6.61 Å². The van der Waals surface area contributed by atoms with E-state index in [1.165, 1.54) is 0 Å². The zero-order chi connectivity index (χ0) is 20.6. The third-order valence-electron chi connectivity index (χ3n) is 5.20. The van der Waals surface area contributed by atoms with E-state index in [4.69, 9.17) is 9.47 Å². The molecule has 1 saturated heterocycles. The number of carbonyl (C=O) groups excluding carboxylic acids is 2. The van der Waals surface area contributed by atoms with Gasteiger partial charge in [-0.05, 0) is 35.7 Å². The minimum absolute atomic E-state index is 0.0246. The van der Waals surface area contributed by atoms with Gasteiger partial charge in [0, 0.05) is 26.2 Å². The van der Waals surface area contributed by atoms with Crippen LogP contribution in [-0.4, -0.2) is 61.5 Å². The molecule has 0 saturated carbocycles. The normalized spacial score (nSPS) is 13.9. The lowest BCUT2D eigenvalue weighted by atomic mass is 10.1. The van der Waals surface area contributed by atoms with Crippen molar-refractivity contribution in [2.45, 2.75) is 19.8 Å². The van der Waals surface area contributed by atoms with E-state index in [0.29, 0.717) is 32.6 Å². The highest BCUT2D eigenvalue weighted by Crippen LogP contribution is 2.18. The van der Waals surface area contributed by atoms with E-state index in [0.717, 1.165) is 29.0 Å². The summed E-state index contributed by atoms with van der Waals surface area (Å²) in [7, 11) is 1.62. The predicted octanol–water partition coefficient (Wildman–Crippen LogP) is 2.55. The summed E-state index contributed by atoms with van der Waals surface area (Å²) in [6, 6.07) is 15.3. The van der Waals surface area contributed by atoms with Gasteiger partial charge in [-0.2, -0.15) is 0 Å². The summed E-state index contributed by atoms with van der Waals surface area (Å²) in [5.74, 6) is 1.57. The first kappa shape index (κ1) is 20.7. The highest BCUT2D eigenvalue weighted by Gasteiger charge is 2.24. The van der Waals surface area contributed by atoms with Crippen LogP contribution in [0.3, 0.4) is 0 Å². The van der Waals surface area contributed by atoms with E-state index in [1.54, 1.807) is 12.0 Å². The number of hydrogen-bond donors (Lipinski definition) is 0. The molecule has 3 rings (SSSR count). The van der Waals surface area contributed by atoms with E-state index in [1.807, 2.05) is 53.4 Å². The zero-order valence-corrected chi connectivity index (χ0v) is 17.1. The van der Waals surface area contributed by atoms with Gasteiger partial charge >= 0.3 is 0 Å². The SMILES string of the molecule is CCc1ccccc1OCC(=O)N1CCN(C(=O)Cc2ccc(OC)cc2)CC1. The van der Waals surface area contributed by atoms with E-state index >= 15 is 0 Å². The molecule has 2 amide bonds. The lowest BCUT2D eigenvalue weighted by Gasteiger charge is -2.34. The molecule has 0 spiro atoms. The Hall–Kier alpha value is -3.02. The third kappa shape index (κ3) is 5.50. The fraction of sp³-hybridized carbons (Fsp3) is 0.391. The molecule has 0 unspecified atom stereocenters. The summed E-state index contributed by atoms with van der Waals surface area (Å²) < 4.78 is 10.9. The van der Waals surface area contributed by atoms with E-state index in [9.17, 15) is 9.59 Å². The van der Waals surface area contributed by atoms with E-state index < -0.39 is 0 Å². The van der Waals surface area contributed by atoms with Crippen LogP contribution in [0.25, 0.3) is 0 Å². The molecule has 0 radical (unpaired) electrons. The maximum Gasteiger partial charge on any atom is 0.260 e. The quantitative estimate of drug-likeness (QED) is 0.722. The number of hydrogen-bond acceptors (Lipinski definition) is 4. The molecule has 29 heavy (non-hydrogen) atoms. The summed E-state index contributed by atoms with van der Waals surface area (Å²) in [5.41, 5.74) is 2.05. The number of nitrogens with zero attached hydrogens (tertiary/aromatic N) is 2. The Kier molecular flexibility index (Phi) is 7.11. The summed E-state index contributed by atoms with van der Waals surface area (Å²) >= 11 is 0. The second kappa shape index (κ2) is 9.96. The van der Waals surface area contributed by atoms with Crippen molar-refractivity contribution in [1.29, 1.82) is 0 Å². The lowest BCUT2D eigenvalue weighted by molar-refractivity contribution is -0.140. The molecule has 6 heteroatoms. The first-order chi connectivity index (χ1) is 14.1. The van der Waals surface area contributed by atoms with Gasteiger partial charge in [0.2, 0.25) is 5.91 Å². The largest absolute Gasteiger partial charge is 0.497 e. The Balaban J connectivity index is 1.45. The second-order valence-corrected chi connectivity index (χ2v) is 7.04. The summed E-state index contributed by atoms with van der Waals surface area (Å²) in [4.78, 5) is 28.6. The van der Waals surface area contributed by atoms with Gasteiger partial charge < -0.3 is 19.3 Å². The first-order valence-electron chi connectivity index (χ1n) is 10.00. The molecule has 1 aliphatic heterocycles. The van der Waals surface area contributed by atoms with Crippen molar-refractivity contribution in [2.24, 2.45) is 0 Å². The molecule has 1 heterocycles. The number of aryl methyl sites for hydroxylation is 1. The number of ether oxygens (including phenoxy) is 2. The molecule has 0 aliphatic carbocycles. The Bertz CT molecular complexity index is 827. The molecule has 6 nitrogen and oxygen atoms in total. The number of piperazine rings is 1. The van der Waals surface area contributed by atoms with Gasteiger partial charge in [-0.1, -0.05) is 37.3 Å². The summed E-state index contributed by atoms with van der Waals surface area (Å²) in [5, 5.41) is 0. The monoisotopic (exact) mass is 396 g/mol. The first-order valence-corrected chi connectivity index (χ1v) is 10.00. The van der Waals surface area contributed by atoms with Gasteiger partial charge in [-0.25, -0.2) is 0 Å². The van der Waals surface area contributed by atoms with Crippen molar-refractivity contribution in [2.75, 3.05) is 39.9 Å². The van der Waals surface area contributed by atoms with Crippen LogP contribution in [0.2, 0.25) is 0 Å². The Labute approximate surface area is 172 Å². The van der Waals surface area contributed by atoms with Crippen LogP contribution < -0.4 is 9.47 Å². The molecule has 1 aliphatic rings. The number of carbonyl (C=O) groups is 2. The van der Waals surface area contributed by atoms with Crippen LogP contribution in [0.4, 0.5) is 0 Å². The van der Waals surface area contributed by atoms with Crippen LogP contribution >= 0.6 is 0 Å². The van der Waals surface area contributed by atoms with Gasteiger partial charge in [0.1, 0.15) is 11.5 Å². The number of para-hydroxylation sites is 1. The van der Waals surface area contributed by atoms with Crippen molar-refractivity contribution in [1.82, 2.24) is 9.80 Å². The predicted molar refractivity (Wildman–Crippen MR) is 111 cm³/mol. The lowest BCUT2D eigenvalue weighted by Crippen LogP contribution is -2.52. The van der Waals surface area contributed by atoms with Gasteiger partial charge in [0.25, 0.3) is 5.91 Å². The molecule has 154 valence electrons. The smallest absolute Gasteiger partial charge is 0.260 e. The number of benzene rings is 2. The van der Waals surface area contributed by atoms with Crippen LogP contribution in [-0.2, 0) is 22.4 Å². The number of rotatable bonds is 7. The van der Waals surface area contributed by atoms with Crippen molar-refractivity contribution >= 4 is 11.8 Å². The molecular formula is C23H28N2O4. The molecule has 0 bridgehead atoms. The van der Waals surface area contributed by atoms with Crippen LogP contribution in [0.1, 0.15) is 18.1 Å². The van der Waals surface area contributed by atoms with Crippen molar-refractivity contribution in [3.05, 3.63) is 59.7 Å². The van der Waals surface area contributed by atoms with Crippen LogP contribution in [0.5, 0.6) is 11.5 Å². The average molecular weight is 396 g/mol. The summed E-state index contributed by atoms with van der Waals surface area (Å²) in [6.45, 7) is 4.25.